The van der Waals surface area contributed by atoms with Gasteiger partial charge in [-0.05, 0) is 12.8 Å². The predicted molar refractivity (Wildman–Crippen MR) is 71.0 cm³/mol. The van der Waals surface area contributed by atoms with E-state index in [1.807, 2.05) is 22.6 Å². The highest BCUT2D eigenvalue weighted by atomic mass is 127. The Bertz CT molecular complexity index is 340. The molecule has 4 heteroatoms. The molecule has 92 valence electrons. The number of hydrogen-bond donors (Lipinski definition) is 0. The van der Waals surface area contributed by atoms with Crippen molar-refractivity contribution in [3.63, 3.8) is 0 Å². The molecule has 1 aromatic rings. The first-order chi connectivity index (χ1) is 7.53. The van der Waals surface area contributed by atoms with Crippen LogP contribution in [0.1, 0.15) is 58.6 Å². The molecule has 16 heavy (non-hydrogen) atoms. The number of halogens is 2. The Kier molecular flexibility index (Phi) is 5.21. The molecule has 2 nitrogen and oxygen atoms in total. The lowest BCUT2D eigenvalue weighted by Crippen LogP contribution is -2.23. The Balaban J connectivity index is 2.95. The molecule has 0 bridgehead atoms. The summed E-state index contributed by atoms with van der Waals surface area (Å²) in [4.78, 5) is 3.91. The predicted octanol–water partition coefficient (Wildman–Crippen LogP) is 4.67. The zero-order valence-corrected chi connectivity index (χ0v) is 12.3. The first kappa shape index (κ1) is 13.9. The van der Waals surface area contributed by atoms with Crippen molar-refractivity contribution in [3.8, 4) is 0 Å². The molecule has 0 aromatic carbocycles. The minimum absolute atomic E-state index is 0.0465. The van der Waals surface area contributed by atoms with Crippen molar-refractivity contribution in [1.82, 2.24) is 4.98 Å². The molecule has 1 rings (SSSR count). The summed E-state index contributed by atoms with van der Waals surface area (Å²) in [7, 11) is 0. The van der Waals surface area contributed by atoms with Gasteiger partial charge in [0.1, 0.15) is 5.69 Å². The molecule has 0 N–H and O–H groups in total. The maximum atomic E-state index is 13.0. The average Bonchev–Trinajstić information content (AvgIpc) is 2.56. The fraction of sp³-hybridized carbons (Fsp3) is 0.750. The van der Waals surface area contributed by atoms with Crippen molar-refractivity contribution >= 4 is 22.6 Å². The van der Waals surface area contributed by atoms with Crippen LogP contribution in [0.5, 0.6) is 0 Å². The number of hydrogen-bond acceptors (Lipinski definition) is 2. The number of rotatable bonds is 6. The zero-order valence-electron chi connectivity index (χ0n) is 10.1. The molecule has 0 radical (unpaired) electrons. The van der Waals surface area contributed by atoms with Crippen molar-refractivity contribution in [1.29, 1.82) is 0 Å². The molecule has 0 fully saturated rings. The Morgan fingerprint density at radius 1 is 1.31 bits per heavy atom. The summed E-state index contributed by atoms with van der Waals surface area (Å²) in [6.45, 7) is 6.47. The topological polar surface area (TPSA) is 26.0 Å². The quantitative estimate of drug-likeness (QED) is 0.704. The second-order valence-electron chi connectivity index (χ2n) is 4.50. The number of oxazole rings is 1. The molecule has 0 aliphatic rings. The molecule has 0 amide bonds. The van der Waals surface area contributed by atoms with Gasteiger partial charge < -0.3 is 4.42 Å². The molecule has 0 spiro atoms. The van der Waals surface area contributed by atoms with Gasteiger partial charge in [0.25, 0.3) is 0 Å². The van der Waals surface area contributed by atoms with Crippen LogP contribution in [0.4, 0.5) is 4.39 Å². The van der Waals surface area contributed by atoms with E-state index in [4.69, 9.17) is 4.42 Å². The van der Waals surface area contributed by atoms with Crippen LogP contribution in [0.2, 0.25) is 0 Å². The molecule has 0 saturated heterocycles. The molecular formula is C12H19FINO. The van der Waals surface area contributed by atoms with E-state index in [0.717, 1.165) is 37.8 Å². The van der Waals surface area contributed by atoms with E-state index in [1.165, 1.54) is 0 Å². The number of unbranched alkanes of at least 4 members (excludes halogenated alkanes) is 1. The minimum Gasteiger partial charge on any atom is -0.409 e. The van der Waals surface area contributed by atoms with E-state index < -0.39 is 6.14 Å². The molecule has 1 atom stereocenters. The SMILES string of the molecule is CCCCC(C)(CCC)c1nc(F)oc1I. The first-order valence-corrected chi connectivity index (χ1v) is 6.93. The van der Waals surface area contributed by atoms with E-state index in [0.29, 0.717) is 3.77 Å². The summed E-state index contributed by atoms with van der Waals surface area (Å²) in [6.07, 6.45) is 4.72. The summed E-state index contributed by atoms with van der Waals surface area (Å²) < 4.78 is 18.5. The van der Waals surface area contributed by atoms with Crippen LogP contribution in [-0.2, 0) is 5.41 Å². The van der Waals surface area contributed by atoms with Gasteiger partial charge in [-0.25, -0.2) is 0 Å². The van der Waals surface area contributed by atoms with E-state index >= 15 is 0 Å². The fourth-order valence-corrected chi connectivity index (χ4v) is 3.08. The fourth-order valence-electron chi connectivity index (χ4n) is 2.13. The Morgan fingerprint density at radius 2 is 2.00 bits per heavy atom. The van der Waals surface area contributed by atoms with Gasteiger partial charge in [-0.15, -0.1) is 4.39 Å². The van der Waals surface area contributed by atoms with Crippen molar-refractivity contribution in [3.05, 3.63) is 15.6 Å². The monoisotopic (exact) mass is 339 g/mol. The molecular weight excluding hydrogens is 320 g/mol. The summed E-state index contributed by atoms with van der Waals surface area (Å²) in [5.74, 6) is 0. The molecule has 1 unspecified atom stereocenters. The third kappa shape index (κ3) is 3.18. The molecule has 0 aliphatic heterocycles. The zero-order chi connectivity index (χ0) is 12.2. The van der Waals surface area contributed by atoms with Gasteiger partial charge >= 0.3 is 6.14 Å². The normalized spacial score (nSPS) is 15.1. The second-order valence-corrected chi connectivity index (χ2v) is 5.48. The van der Waals surface area contributed by atoms with Gasteiger partial charge in [-0.1, -0.05) is 40.0 Å². The largest absolute Gasteiger partial charge is 0.409 e. The van der Waals surface area contributed by atoms with E-state index in [2.05, 4.69) is 25.8 Å². The second kappa shape index (κ2) is 5.98. The molecule has 0 aliphatic carbocycles. The Hall–Kier alpha value is -0.130. The van der Waals surface area contributed by atoms with Gasteiger partial charge in [-0.2, -0.15) is 4.98 Å². The van der Waals surface area contributed by atoms with Gasteiger partial charge in [-0.3, -0.25) is 0 Å². The van der Waals surface area contributed by atoms with Gasteiger partial charge in [0.05, 0.1) is 0 Å². The van der Waals surface area contributed by atoms with Crippen molar-refractivity contribution < 1.29 is 8.81 Å². The third-order valence-corrected chi connectivity index (χ3v) is 3.75. The summed E-state index contributed by atoms with van der Waals surface area (Å²) >= 11 is 2.03. The number of nitrogens with zero attached hydrogens (tertiary/aromatic N) is 1. The Labute approximate surface area is 110 Å². The summed E-state index contributed by atoms with van der Waals surface area (Å²) in [6, 6.07) is 0. The van der Waals surface area contributed by atoms with Crippen LogP contribution in [-0.4, -0.2) is 4.98 Å². The van der Waals surface area contributed by atoms with E-state index in [-0.39, 0.29) is 5.41 Å². The van der Waals surface area contributed by atoms with Crippen LogP contribution in [0.15, 0.2) is 4.42 Å². The maximum Gasteiger partial charge on any atom is 0.382 e. The highest BCUT2D eigenvalue weighted by Gasteiger charge is 2.31. The van der Waals surface area contributed by atoms with Crippen molar-refractivity contribution in [2.75, 3.05) is 0 Å². The third-order valence-electron chi connectivity index (χ3n) is 3.02. The summed E-state index contributed by atoms with van der Waals surface area (Å²) in [5, 5.41) is 0. The smallest absolute Gasteiger partial charge is 0.382 e. The lowest BCUT2D eigenvalue weighted by atomic mass is 9.78. The van der Waals surface area contributed by atoms with Crippen LogP contribution >= 0.6 is 22.6 Å². The highest BCUT2D eigenvalue weighted by molar-refractivity contribution is 14.1. The van der Waals surface area contributed by atoms with Gasteiger partial charge in [0.2, 0.25) is 0 Å². The number of aromatic nitrogens is 1. The van der Waals surface area contributed by atoms with Crippen molar-refractivity contribution in [2.24, 2.45) is 0 Å². The summed E-state index contributed by atoms with van der Waals surface area (Å²) in [5.41, 5.74) is 0.746. The minimum atomic E-state index is -0.710. The first-order valence-electron chi connectivity index (χ1n) is 5.85. The van der Waals surface area contributed by atoms with Crippen LogP contribution in [0.3, 0.4) is 0 Å². The van der Waals surface area contributed by atoms with Crippen LogP contribution in [0.25, 0.3) is 0 Å². The van der Waals surface area contributed by atoms with Crippen LogP contribution < -0.4 is 0 Å². The maximum absolute atomic E-state index is 13.0. The lowest BCUT2D eigenvalue weighted by molar-refractivity contribution is 0.324. The lowest BCUT2D eigenvalue weighted by Gasteiger charge is -2.27. The van der Waals surface area contributed by atoms with Gasteiger partial charge in [0.15, 0.2) is 3.77 Å². The van der Waals surface area contributed by atoms with E-state index in [9.17, 15) is 4.39 Å². The Morgan fingerprint density at radius 3 is 2.44 bits per heavy atom. The molecule has 0 saturated carbocycles. The standard InChI is InChI=1S/C12H19FINO/c1-4-6-8-12(3,7-5-2)9-10(14)16-11(13)15-9/h4-8H2,1-3H3. The average molecular weight is 339 g/mol. The molecule has 1 aromatic heterocycles. The van der Waals surface area contributed by atoms with Gasteiger partial charge in [0, 0.05) is 28.0 Å². The van der Waals surface area contributed by atoms with Crippen molar-refractivity contribution in [2.45, 2.75) is 58.3 Å². The highest BCUT2D eigenvalue weighted by Crippen LogP contribution is 2.36. The van der Waals surface area contributed by atoms with Crippen LogP contribution in [0, 0.1) is 9.91 Å². The molecule has 1 heterocycles. The van der Waals surface area contributed by atoms with E-state index in [1.54, 1.807) is 0 Å².